The summed E-state index contributed by atoms with van der Waals surface area (Å²) in [6, 6.07) is 3.95. The number of aliphatic carboxylic acids is 1. The predicted molar refractivity (Wildman–Crippen MR) is 93.2 cm³/mol. The van der Waals surface area contributed by atoms with Crippen LogP contribution in [0.3, 0.4) is 0 Å². The molecule has 0 unspecified atom stereocenters. The van der Waals surface area contributed by atoms with E-state index >= 15 is 0 Å². The summed E-state index contributed by atoms with van der Waals surface area (Å²) in [5, 5.41) is 11.9. The Morgan fingerprint density at radius 1 is 1.38 bits per heavy atom. The van der Waals surface area contributed by atoms with Gasteiger partial charge >= 0.3 is 5.97 Å². The third-order valence-corrected chi connectivity index (χ3v) is 4.97. The molecule has 0 atom stereocenters. The summed E-state index contributed by atoms with van der Waals surface area (Å²) in [7, 11) is 0. The summed E-state index contributed by atoms with van der Waals surface area (Å²) in [4.78, 5) is 17.8. The smallest absolute Gasteiger partial charge is 0.341 e. The number of rotatable bonds is 5. The summed E-state index contributed by atoms with van der Waals surface area (Å²) < 4.78 is 10.9. The van der Waals surface area contributed by atoms with Gasteiger partial charge in [-0.05, 0) is 31.0 Å². The zero-order valence-electron chi connectivity index (χ0n) is 13.7. The fraction of sp³-hybridized carbons (Fsp3) is 0.412. The average molecular weight is 348 g/mol. The van der Waals surface area contributed by atoms with E-state index in [0.29, 0.717) is 19.0 Å². The maximum Gasteiger partial charge on any atom is 0.341 e. The fourth-order valence-electron chi connectivity index (χ4n) is 2.60. The Morgan fingerprint density at radius 3 is 2.83 bits per heavy atom. The Balaban J connectivity index is 1.92. The predicted octanol–water partition coefficient (Wildman–Crippen LogP) is 2.73. The molecule has 2 heterocycles. The van der Waals surface area contributed by atoms with Crippen LogP contribution in [0.1, 0.15) is 11.1 Å². The lowest BCUT2D eigenvalue weighted by Gasteiger charge is -2.26. The molecule has 0 saturated carbocycles. The number of benzene rings is 1. The highest BCUT2D eigenvalue weighted by Crippen LogP contribution is 2.37. The van der Waals surface area contributed by atoms with Gasteiger partial charge in [0.25, 0.3) is 0 Å². The standard InChI is InChI=1S/C17H20N2O4S/c1-11-3-4-13(16(12(11)2)23-9-15(20)21)14-10-24-17(18-14)19-5-7-22-8-6-19/h3-4,10H,5-9H2,1-2H3,(H,20,21). The molecule has 24 heavy (non-hydrogen) atoms. The highest BCUT2D eigenvalue weighted by atomic mass is 32.1. The van der Waals surface area contributed by atoms with Crippen LogP contribution in [0, 0.1) is 13.8 Å². The van der Waals surface area contributed by atoms with Crippen LogP contribution in [0.2, 0.25) is 0 Å². The van der Waals surface area contributed by atoms with Gasteiger partial charge in [-0.2, -0.15) is 0 Å². The average Bonchev–Trinajstić information content (AvgIpc) is 3.06. The van der Waals surface area contributed by atoms with Gasteiger partial charge in [0.2, 0.25) is 0 Å². The zero-order valence-corrected chi connectivity index (χ0v) is 14.6. The first-order valence-corrected chi connectivity index (χ1v) is 8.67. The zero-order chi connectivity index (χ0) is 17.1. The van der Waals surface area contributed by atoms with Crippen molar-refractivity contribution in [3.63, 3.8) is 0 Å². The number of morpholine rings is 1. The number of carboxylic acids is 1. The van der Waals surface area contributed by atoms with Crippen LogP contribution in [0.4, 0.5) is 5.13 Å². The van der Waals surface area contributed by atoms with Crippen molar-refractivity contribution in [3.05, 3.63) is 28.6 Å². The Morgan fingerprint density at radius 2 is 2.12 bits per heavy atom. The largest absolute Gasteiger partial charge is 0.481 e. The number of aromatic nitrogens is 1. The lowest BCUT2D eigenvalue weighted by atomic mass is 10.0. The van der Waals surface area contributed by atoms with Crippen molar-refractivity contribution >= 4 is 22.4 Å². The van der Waals surface area contributed by atoms with Crippen molar-refractivity contribution in [1.82, 2.24) is 4.98 Å². The van der Waals surface area contributed by atoms with Gasteiger partial charge in [-0.3, -0.25) is 0 Å². The Kier molecular flexibility index (Phi) is 5.01. The minimum atomic E-state index is -0.992. The van der Waals surface area contributed by atoms with Gasteiger partial charge in [-0.15, -0.1) is 11.3 Å². The summed E-state index contributed by atoms with van der Waals surface area (Å²) in [5.74, 6) is -0.398. The van der Waals surface area contributed by atoms with Crippen LogP contribution < -0.4 is 9.64 Å². The minimum Gasteiger partial charge on any atom is -0.481 e. The van der Waals surface area contributed by atoms with Crippen molar-refractivity contribution in [2.24, 2.45) is 0 Å². The van der Waals surface area contributed by atoms with Gasteiger partial charge in [0.15, 0.2) is 11.7 Å². The molecule has 0 amide bonds. The SMILES string of the molecule is Cc1ccc(-c2csc(N3CCOCC3)n2)c(OCC(=O)O)c1C. The quantitative estimate of drug-likeness (QED) is 0.896. The molecular formula is C17H20N2O4S. The number of ether oxygens (including phenoxy) is 2. The van der Waals surface area contributed by atoms with Gasteiger partial charge in [-0.25, -0.2) is 9.78 Å². The molecule has 1 saturated heterocycles. The number of anilines is 1. The van der Waals surface area contributed by atoms with Crippen molar-refractivity contribution in [3.8, 4) is 17.0 Å². The normalized spacial score (nSPS) is 14.7. The molecule has 128 valence electrons. The van der Waals surface area contributed by atoms with E-state index in [4.69, 9.17) is 19.6 Å². The molecule has 1 aliphatic rings. The lowest BCUT2D eigenvalue weighted by Crippen LogP contribution is -2.36. The number of hydrogen-bond acceptors (Lipinski definition) is 6. The molecule has 2 aromatic rings. The Bertz CT molecular complexity index is 738. The van der Waals surface area contributed by atoms with E-state index in [1.165, 1.54) is 0 Å². The number of carbonyl (C=O) groups is 1. The van der Waals surface area contributed by atoms with Gasteiger partial charge in [-0.1, -0.05) is 6.07 Å². The molecule has 0 radical (unpaired) electrons. The maximum atomic E-state index is 10.9. The molecule has 1 aromatic heterocycles. The molecule has 1 aromatic carbocycles. The second kappa shape index (κ2) is 7.19. The number of nitrogens with zero attached hydrogens (tertiary/aromatic N) is 2. The first-order chi connectivity index (χ1) is 11.6. The number of carboxylic acid groups (broad SMARTS) is 1. The van der Waals surface area contributed by atoms with E-state index in [9.17, 15) is 4.79 Å². The van der Waals surface area contributed by atoms with Crippen LogP contribution in [0.25, 0.3) is 11.3 Å². The topological polar surface area (TPSA) is 71.9 Å². The van der Waals surface area contributed by atoms with Crippen LogP contribution in [-0.2, 0) is 9.53 Å². The monoisotopic (exact) mass is 348 g/mol. The summed E-state index contributed by atoms with van der Waals surface area (Å²) >= 11 is 1.58. The highest BCUT2D eigenvalue weighted by Gasteiger charge is 2.18. The molecule has 1 N–H and O–H groups in total. The number of aryl methyl sites for hydroxylation is 1. The number of thiazole rings is 1. The maximum absolute atomic E-state index is 10.9. The number of hydrogen-bond donors (Lipinski definition) is 1. The van der Waals surface area contributed by atoms with E-state index in [-0.39, 0.29) is 6.61 Å². The molecule has 0 spiro atoms. The van der Waals surface area contributed by atoms with E-state index in [2.05, 4.69) is 4.90 Å². The molecule has 1 aliphatic heterocycles. The molecular weight excluding hydrogens is 328 g/mol. The Labute approximate surface area is 144 Å². The van der Waals surface area contributed by atoms with Gasteiger partial charge in [0.05, 0.1) is 18.9 Å². The van der Waals surface area contributed by atoms with Crippen LogP contribution in [0.5, 0.6) is 5.75 Å². The molecule has 3 rings (SSSR count). The highest BCUT2D eigenvalue weighted by molar-refractivity contribution is 7.14. The molecule has 7 heteroatoms. The van der Waals surface area contributed by atoms with Gasteiger partial charge in [0.1, 0.15) is 5.75 Å². The van der Waals surface area contributed by atoms with E-state index < -0.39 is 5.97 Å². The van der Waals surface area contributed by atoms with Gasteiger partial charge in [0, 0.05) is 24.0 Å². The van der Waals surface area contributed by atoms with Crippen molar-refractivity contribution in [2.45, 2.75) is 13.8 Å². The first kappa shape index (κ1) is 16.7. The third kappa shape index (κ3) is 3.52. The second-order valence-corrected chi connectivity index (χ2v) is 6.52. The lowest BCUT2D eigenvalue weighted by molar-refractivity contribution is -0.139. The summed E-state index contributed by atoms with van der Waals surface area (Å²) in [5.41, 5.74) is 3.64. The molecule has 0 bridgehead atoms. The summed E-state index contributed by atoms with van der Waals surface area (Å²) in [6.45, 7) is 6.65. The van der Waals surface area contributed by atoms with E-state index in [0.717, 1.165) is 40.6 Å². The molecule has 0 aliphatic carbocycles. The van der Waals surface area contributed by atoms with Crippen molar-refractivity contribution in [2.75, 3.05) is 37.8 Å². The second-order valence-electron chi connectivity index (χ2n) is 5.68. The van der Waals surface area contributed by atoms with Crippen LogP contribution >= 0.6 is 11.3 Å². The van der Waals surface area contributed by atoms with Crippen molar-refractivity contribution < 1.29 is 19.4 Å². The third-order valence-electron chi connectivity index (χ3n) is 4.07. The Hall–Kier alpha value is -2.12. The van der Waals surface area contributed by atoms with Gasteiger partial charge < -0.3 is 19.5 Å². The van der Waals surface area contributed by atoms with Crippen LogP contribution in [-0.4, -0.2) is 49.0 Å². The first-order valence-electron chi connectivity index (χ1n) is 7.79. The van der Waals surface area contributed by atoms with Crippen LogP contribution in [0.15, 0.2) is 17.5 Å². The van der Waals surface area contributed by atoms with Crippen molar-refractivity contribution in [1.29, 1.82) is 0 Å². The molecule has 1 fully saturated rings. The van der Waals surface area contributed by atoms with E-state index in [1.807, 2.05) is 31.4 Å². The molecule has 6 nitrogen and oxygen atoms in total. The van der Waals surface area contributed by atoms with E-state index in [1.54, 1.807) is 11.3 Å². The fourth-order valence-corrected chi connectivity index (χ4v) is 3.48. The minimum absolute atomic E-state index is 0.363. The summed E-state index contributed by atoms with van der Waals surface area (Å²) in [6.07, 6.45) is 0.